The molecule has 1 amide bonds. The zero-order valence-electron chi connectivity index (χ0n) is 18.8. The van der Waals surface area contributed by atoms with Gasteiger partial charge in [0.1, 0.15) is 5.60 Å². The van der Waals surface area contributed by atoms with Crippen LogP contribution in [0, 0.1) is 0 Å². The van der Waals surface area contributed by atoms with Crippen LogP contribution in [0.25, 0.3) is 11.0 Å². The van der Waals surface area contributed by atoms with Crippen molar-refractivity contribution in [2.75, 3.05) is 24.5 Å². The van der Waals surface area contributed by atoms with Crippen molar-refractivity contribution in [3.05, 3.63) is 58.1 Å². The van der Waals surface area contributed by atoms with E-state index < -0.39 is 5.60 Å². The molecule has 1 fully saturated rings. The van der Waals surface area contributed by atoms with Crippen molar-refractivity contribution in [2.24, 2.45) is 0 Å². The average molecular weight is 475 g/mol. The Balaban J connectivity index is 1.63. The molecule has 0 aliphatic carbocycles. The average Bonchev–Trinajstić information content (AvgIpc) is 3.08. The van der Waals surface area contributed by atoms with Gasteiger partial charge in [0.15, 0.2) is 0 Å². The van der Waals surface area contributed by atoms with Gasteiger partial charge in [-0.25, -0.2) is 9.78 Å². The fourth-order valence-corrected chi connectivity index (χ4v) is 4.40. The summed E-state index contributed by atoms with van der Waals surface area (Å²) < 4.78 is 7.75. The molecule has 32 heavy (non-hydrogen) atoms. The van der Waals surface area contributed by atoms with Crippen LogP contribution in [0.1, 0.15) is 33.3 Å². The Bertz CT molecular complexity index is 1140. The van der Waals surface area contributed by atoms with Gasteiger partial charge in [-0.05, 0) is 63.6 Å². The van der Waals surface area contributed by atoms with E-state index in [0.717, 1.165) is 22.5 Å². The zero-order valence-corrected chi connectivity index (χ0v) is 20.3. The molecule has 6 nitrogen and oxygen atoms in total. The Morgan fingerprint density at radius 1 is 1.16 bits per heavy atom. The maximum atomic E-state index is 12.6. The Hall–Kier alpha value is -2.44. The molecule has 3 aromatic rings. The second-order valence-corrected chi connectivity index (χ2v) is 10.0. The molecule has 1 atom stereocenters. The number of imidazole rings is 1. The predicted octanol–water partition coefficient (Wildman–Crippen LogP) is 5.84. The molecule has 0 radical (unpaired) electrons. The van der Waals surface area contributed by atoms with E-state index in [1.807, 2.05) is 58.0 Å². The Morgan fingerprint density at radius 2 is 1.91 bits per heavy atom. The van der Waals surface area contributed by atoms with Crippen molar-refractivity contribution < 1.29 is 9.53 Å². The highest BCUT2D eigenvalue weighted by molar-refractivity contribution is 6.33. The van der Waals surface area contributed by atoms with Gasteiger partial charge in [-0.2, -0.15) is 0 Å². The summed E-state index contributed by atoms with van der Waals surface area (Å²) in [6.07, 6.45) is -0.274. The molecule has 170 valence electrons. The van der Waals surface area contributed by atoms with Gasteiger partial charge in [0.05, 0.1) is 17.6 Å². The number of hydrogen-bond acceptors (Lipinski definition) is 4. The summed E-state index contributed by atoms with van der Waals surface area (Å²) in [7, 11) is 0. The molecule has 1 aliphatic rings. The topological polar surface area (TPSA) is 50.6 Å². The Morgan fingerprint density at radius 3 is 2.62 bits per heavy atom. The number of fused-ring (bicyclic) bond motifs is 1. The van der Waals surface area contributed by atoms with E-state index in [1.165, 1.54) is 0 Å². The SMILES string of the molecule is C[C@H]1CN(c2nc3ccccc3n2Cc2cc(Cl)ccc2Cl)CCN1C(=O)OC(C)(C)C. The number of halogens is 2. The van der Waals surface area contributed by atoms with E-state index in [1.54, 1.807) is 11.0 Å². The maximum absolute atomic E-state index is 12.6. The van der Waals surface area contributed by atoms with Crippen molar-refractivity contribution in [2.45, 2.75) is 45.9 Å². The third-order valence-electron chi connectivity index (χ3n) is 5.51. The van der Waals surface area contributed by atoms with E-state index in [9.17, 15) is 4.79 Å². The first kappa shape index (κ1) is 22.7. The van der Waals surface area contributed by atoms with Gasteiger partial charge in [-0.3, -0.25) is 0 Å². The molecule has 0 N–H and O–H groups in total. The Labute approximate surface area is 198 Å². The molecule has 2 aromatic carbocycles. The fourth-order valence-electron chi connectivity index (χ4n) is 4.03. The van der Waals surface area contributed by atoms with Crippen LogP contribution in [0.2, 0.25) is 10.0 Å². The van der Waals surface area contributed by atoms with Crippen LogP contribution in [0.15, 0.2) is 42.5 Å². The summed E-state index contributed by atoms with van der Waals surface area (Å²) >= 11 is 12.7. The van der Waals surface area contributed by atoms with Gasteiger partial charge in [0.2, 0.25) is 5.95 Å². The number of piperazine rings is 1. The molecule has 1 aromatic heterocycles. The number of ether oxygens (including phenoxy) is 1. The highest BCUT2D eigenvalue weighted by Gasteiger charge is 2.32. The van der Waals surface area contributed by atoms with E-state index in [-0.39, 0.29) is 12.1 Å². The fraction of sp³-hybridized carbons (Fsp3) is 0.417. The van der Waals surface area contributed by atoms with Crippen LogP contribution in [0.5, 0.6) is 0 Å². The first-order valence-electron chi connectivity index (χ1n) is 10.8. The quantitative estimate of drug-likeness (QED) is 0.478. The van der Waals surface area contributed by atoms with Gasteiger partial charge < -0.3 is 19.1 Å². The molecule has 1 aliphatic heterocycles. The van der Waals surface area contributed by atoms with Crippen molar-refractivity contribution in [3.63, 3.8) is 0 Å². The third kappa shape index (κ3) is 4.81. The standard InChI is InChI=1S/C24H28Cl2N4O2/c1-16-14-28(11-12-29(16)23(31)32-24(2,3)4)22-27-20-7-5-6-8-21(20)30(22)15-17-13-18(25)9-10-19(17)26/h5-10,13,16H,11-12,14-15H2,1-4H3/t16-/m0/s1. The van der Waals surface area contributed by atoms with Crippen LogP contribution in [0.3, 0.4) is 0 Å². The third-order valence-corrected chi connectivity index (χ3v) is 6.11. The number of nitrogens with zero attached hydrogens (tertiary/aromatic N) is 4. The summed E-state index contributed by atoms with van der Waals surface area (Å²) in [6.45, 7) is 10.1. The van der Waals surface area contributed by atoms with E-state index in [0.29, 0.717) is 36.2 Å². The Kier molecular flexibility index (Phi) is 6.28. The molecule has 8 heteroatoms. The smallest absolute Gasteiger partial charge is 0.410 e. The number of carbonyl (C=O) groups is 1. The van der Waals surface area contributed by atoms with E-state index >= 15 is 0 Å². The number of carbonyl (C=O) groups excluding carboxylic acids is 1. The number of amides is 1. The highest BCUT2D eigenvalue weighted by Crippen LogP contribution is 2.29. The van der Waals surface area contributed by atoms with Gasteiger partial charge in [0.25, 0.3) is 0 Å². The van der Waals surface area contributed by atoms with Crippen LogP contribution in [-0.2, 0) is 11.3 Å². The molecule has 0 bridgehead atoms. The molecule has 2 heterocycles. The highest BCUT2D eigenvalue weighted by atomic mass is 35.5. The monoisotopic (exact) mass is 474 g/mol. The summed E-state index contributed by atoms with van der Waals surface area (Å²) in [5, 5.41) is 1.32. The van der Waals surface area contributed by atoms with Crippen LogP contribution < -0.4 is 4.90 Å². The van der Waals surface area contributed by atoms with Crippen molar-refractivity contribution >= 4 is 46.3 Å². The number of benzene rings is 2. The lowest BCUT2D eigenvalue weighted by atomic mass is 10.2. The lowest BCUT2D eigenvalue weighted by molar-refractivity contribution is 0.0158. The maximum Gasteiger partial charge on any atom is 0.410 e. The van der Waals surface area contributed by atoms with E-state index in [4.69, 9.17) is 32.9 Å². The number of aromatic nitrogens is 2. The lowest BCUT2D eigenvalue weighted by Gasteiger charge is -2.40. The second-order valence-electron chi connectivity index (χ2n) is 9.19. The normalized spacial score (nSPS) is 17.1. The van der Waals surface area contributed by atoms with Crippen molar-refractivity contribution in [1.29, 1.82) is 0 Å². The number of rotatable bonds is 3. The number of hydrogen-bond donors (Lipinski definition) is 0. The molecule has 0 saturated carbocycles. The minimum atomic E-state index is -0.516. The number of para-hydroxylation sites is 2. The van der Waals surface area contributed by atoms with Crippen LogP contribution in [-0.4, -0.2) is 51.8 Å². The van der Waals surface area contributed by atoms with Crippen molar-refractivity contribution in [3.8, 4) is 0 Å². The first-order chi connectivity index (χ1) is 15.1. The first-order valence-corrected chi connectivity index (χ1v) is 11.5. The molecule has 0 unspecified atom stereocenters. The summed E-state index contributed by atoms with van der Waals surface area (Å²) in [5.41, 5.74) is 2.37. The van der Waals surface area contributed by atoms with Crippen molar-refractivity contribution in [1.82, 2.24) is 14.5 Å². The minimum Gasteiger partial charge on any atom is -0.444 e. The van der Waals surface area contributed by atoms with Crippen LogP contribution >= 0.6 is 23.2 Å². The summed E-state index contributed by atoms with van der Waals surface area (Å²) in [6, 6.07) is 13.6. The largest absolute Gasteiger partial charge is 0.444 e. The minimum absolute atomic E-state index is 0.0124. The van der Waals surface area contributed by atoms with Gasteiger partial charge in [-0.15, -0.1) is 0 Å². The molecule has 4 rings (SSSR count). The predicted molar refractivity (Wildman–Crippen MR) is 130 cm³/mol. The van der Waals surface area contributed by atoms with Gasteiger partial charge in [-0.1, -0.05) is 35.3 Å². The van der Waals surface area contributed by atoms with Gasteiger partial charge in [0, 0.05) is 35.7 Å². The zero-order chi connectivity index (χ0) is 23.0. The van der Waals surface area contributed by atoms with Gasteiger partial charge >= 0.3 is 6.09 Å². The molecular weight excluding hydrogens is 447 g/mol. The lowest BCUT2D eigenvalue weighted by Crippen LogP contribution is -2.55. The van der Waals surface area contributed by atoms with Crippen LogP contribution in [0.4, 0.5) is 10.7 Å². The summed E-state index contributed by atoms with van der Waals surface area (Å²) in [4.78, 5) is 21.6. The molecule has 1 saturated heterocycles. The molecular formula is C24H28Cl2N4O2. The molecule has 0 spiro atoms. The number of anilines is 1. The van der Waals surface area contributed by atoms with E-state index in [2.05, 4.69) is 15.5 Å². The summed E-state index contributed by atoms with van der Waals surface area (Å²) in [5.74, 6) is 0.859. The second kappa shape index (κ2) is 8.83.